The average Bonchev–Trinajstić information content (AvgIpc) is 3.40. The third-order valence-corrected chi connectivity index (χ3v) is 8.66. The zero-order valence-corrected chi connectivity index (χ0v) is 24.3. The van der Waals surface area contributed by atoms with Crippen LogP contribution < -0.4 is 19.1 Å². The highest BCUT2D eigenvalue weighted by atomic mass is 35.5. The molecule has 9 nitrogen and oxygen atoms in total. The maximum Gasteiger partial charge on any atom is 0.244 e. The van der Waals surface area contributed by atoms with Crippen molar-refractivity contribution in [3.8, 4) is 11.5 Å². The lowest BCUT2D eigenvalue weighted by Crippen LogP contribution is -2.53. The quantitative estimate of drug-likeness (QED) is 0.435. The minimum absolute atomic E-state index is 0.00414. The molecule has 1 heterocycles. The molecule has 2 amide bonds. The third-order valence-electron chi connectivity index (χ3n) is 6.94. The van der Waals surface area contributed by atoms with Crippen LogP contribution in [0.2, 0.25) is 10.0 Å². The minimum Gasteiger partial charge on any atom is -0.486 e. The average molecular weight is 599 g/mol. The van der Waals surface area contributed by atoms with E-state index in [1.165, 1.54) is 11.0 Å². The Morgan fingerprint density at radius 2 is 1.74 bits per heavy atom. The molecular formula is C27H33Cl2N3O6S. The molecule has 1 unspecified atom stereocenters. The number of sulfonamides is 1. The number of amides is 2. The minimum atomic E-state index is -3.89. The molecule has 1 fully saturated rings. The van der Waals surface area contributed by atoms with E-state index in [9.17, 15) is 18.0 Å². The van der Waals surface area contributed by atoms with Crippen LogP contribution in [0.3, 0.4) is 0 Å². The molecule has 1 aliphatic carbocycles. The number of halogens is 2. The van der Waals surface area contributed by atoms with Crippen molar-refractivity contribution in [1.29, 1.82) is 0 Å². The second-order valence-electron chi connectivity index (χ2n) is 9.77. The number of anilines is 1. The van der Waals surface area contributed by atoms with E-state index in [0.717, 1.165) is 36.2 Å². The SMILES string of the molecule is CCC(C(=O)NC1CCCC1)N(Cc1ccc(Cl)cc1Cl)C(=O)CN(c1ccc2c(c1)OCCO2)S(C)(=O)=O. The van der Waals surface area contributed by atoms with Crippen molar-refractivity contribution >= 4 is 50.7 Å². The van der Waals surface area contributed by atoms with E-state index in [4.69, 9.17) is 32.7 Å². The van der Waals surface area contributed by atoms with Gasteiger partial charge in [-0.1, -0.05) is 49.0 Å². The molecule has 212 valence electrons. The van der Waals surface area contributed by atoms with E-state index in [-0.39, 0.29) is 24.2 Å². The number of carbonyl (C=O) groups excluding carboxylic acids is 2. The number of hydrogen-bond acceptors (Lipinski definition) is 6. The lowest BCUT2D eigenvalue weighted by Gasteiger charge is -2.33. The van der Waals surface area contributed by atoms with E-state index in [1.807, 2.05) is 6.92 Å². The van der Waals surface area contributed by atoms with Crippen LogP contribution in [0, 0.1) is 0 Å². The number of carbonyl (C=O) groups is 2. The van der Waals surface area contributed by atoms with Crippen LogP contribution in [0.1, 0.15) is 44.6 Å². The van der Waals surface area contributed by atoms with Crippen LogP contribution in [0.5, 0.6) is 11.5 Å². The third kappa shape index (κ3) is 7.29. The molecule has 39 heavy (non-hydrogen) atoms. The molecule has 0 spiro atoms. The van der Waals surface area contributed by atoms with Gasteiger partial charge in [0.25, 0.3) is 0 Å². The smallest absolute Gasteiger partial charge is 0.244 e. The van der Waals surface area contributed by atoms with Crippen molar-refractivity contribution < 1.29 is 27.5 Å². The molecule has 1 saturated carbocycles. The van der Waals surface area contributed by atoms with E-state index < -0.39 is 28.5 Å². The van der Waals surface area contributed by atoms with Gasteiger partial charge >= 0.3 is 0 Å². The van der Waals surface area contributed by atoms with Crippen molar-refractivity contribution in [2.75, 3.05) is 30.3 Å². The van der Waals surface area contributed by atoms with Gasteiger partial charge in [-0.25, -0.2) is 8.42 Å². The number of fused-ring (bicyclic) bond motifs is 1. The Bertz CT molecular complexity index is 1320. The van der Waals surface area contributed by atoms with Gasteiger partial charge in [-0.15, -0.1) is 0 Å². The molecular weight excluding hydrogens is 565 g/mol. The second-order valence-corrected chi connectivity index (χ2v) is 12.5. The van der Waals surface area contributed by atoms with Crippen molar-refractivity contribution in [2.24, 2.45) is 0 Å². The van der Waals surface area contributed by atoms with E-state index in [1.54, 1.807) is 30.3 Å². The standard InChI is InChI=1S/C27H33Cl2N3O6S/c1-3-23(27(34)30-20-6-4-5-7-20)31(16-18-8-9-19(28)14-22(18)29)26(33)17-32(39(2,35)36)21-10-11-24-25(15-21)38-13-12-37-24/h8-11,14-15,20,23H,3-7,12-13,16-17H2,1-2H3,(H,30,34). The maximum atomic E-state index is 13.9. The largest absolute Gasteiger partial charge is 0.486 e. The Morgan fingerprint density at radius 1 is 1.05 bits per heavy atom. The van der Waals surface area contributed by atoms with E-state index >= 15 is 0 Å². The van der Waals surface area contributed by atoms with Crippen molar-refractivity contribution in [1.82, 2.24) is 10.2 Å². The van der Waals surface area contributed by atoms with Gasteiger partial charge in [0.2, 0.25) is 21.8 Å². The predicted octanol–water partition coefficient (Wildman–Crippen LogP) is 4.40. The van der Waals surface area contributed by atoms with Crippen LogP contribution in [0.25, 0.3) is 0 Å². The lowest BCUT2D eigenvalue weighted by molar-refractivity contribution is -0.140. The normalized spacial score (nSPS) is 16.0. The number of hydrogen-bond donors (Lipinski definition) is 1. The molecule has 1 atom stereocenters. The van der Waals surface area contributed by atoms with Gasteiger partial charge in [0.1, 0.15) is 25.8 Å². The Balaban J connectivity index is 1.65. The van der Waals surface area contributed by atoms with Gasteiger partial charge in [0, 0.05) is 28.7 Å². The molecule has 0 saturated heterocycles. The number of nitrogens with one attached hydrogen (secondary N) is 1. The molecule has 0 radical (unpaired) electrons. The zero-order chi connectivity index (χ0) is 28.2. The Hall–Kier alpha value is -2.69. The molecule has 1 aliphatic heterocycles. The maximum absolute atomic E-state index is 13.9. The number of ether oxygens (including phenoxy) is 2. The lowest BCUT2D eigenvalue weighted by atomic mass is 10.1. The molecule has 2 aromatic carbocycles. The summed E-state index contributed by atoms with van der Waals surface area (Å²) in [7, 11) is -3.89. The number of nitrogens with zero attached hydrogens (tertiary/aromatic N) is 2. The summed E-state index contributed by atoms with van der Waals surface area (Å²) in [6.45, 7) is 2.03. The summed E-state index contributed by atoms with van der Waals surface area (Å²) in [6, 6.07) is 8.87. The van der Waals surface area contributed by atoms with E-state index in [0.29, 0.717) is 46.7 Å². The summed E-state index contributed by atoms with van der Waals surface area (Å²) in [6.07, 6.45) is 5.24. The van der Waals surface area contributed by atoms with Crippen LogP contribution >= 0.6 is 23.2 Å². The summed E-state index contributed by atoms with van der Waals surface area (Å²) >= 11 is 12.5. The molecule has 0 bridgehead atoms. The number of rotatable bonds is 10. The summed E-state index contributed by atoms with van der Waals surface area (Å²) < 4.78 is 37.9. The highest BCUT2D eigenvalue weighted by Crippen LogP contribution is 2.35. The Morgan fingerprint density at radius 3 is 2.38 bits per heavy atom. The fourth-order valence-electron chi connectivity index (χ4n) is 4.92. The summed E-state index contributed by atoms with van der Waals surface area (Å²) in [4.78, 5) is 28.7. The Labute approximate surface area is 239 Å². The molecule has 2 aromatic rings. The summed E-state index contributed by atoms with van der Waals surface area (Å²) in [5.74, 6) is 0.0771. The molecule has 2 aliphatic rings. The first-order valence-corrected chi connectivity index (χ1v) is 15.6. The fourth-order valence-corrected chi connectivity index (χ4v) is 6.23. The van der Waals surface area contributed by atoms with Crippen molar-refractivity contribution in [3.63, 3.8) is 0 Å². The van der Waals surface area contributed by atoms with Gasteiger partial charge in [-0.3, -0.25) is 13.9 Å². The predicted molar refractivity (Wildman–Crippen MR) is 151 cm³/mol. The van der Waals surface area contributed by atoms with Crippen molar-refractivity contribution in [3.05, 3.63) is 52.0 Å². The topological polar surface area (TPSA) is 105 Å². The first-order valence-electron chi connectivity index (χ1n) is 13.0. The molecule has 1 N–H and O–H groups in total. The summed E-state index contributed by atoms with van der Waals surface area (Å²) in [5.41, 5.74) is 0.842. The molecule has 0 aromatic heterocycles. The second kappa shape index (κ2) is 12.7. The van der Waals surface area contributed by atoms with Crippen LogP contribution in [-0.4, -0.2) is 63.2 Å². The van der Waals surface area contributed by atoms with Gasteiger partial charge in [0.15, 0.2) is 11.5 Å². The fraction of sp³-hybridized carbons (Fsp3) is 0.481. The Kier molecular flexibility index (Phi) is 9.51. The van der Waals surface area contributed by atoms with Gasteiger partial charge in [0.05, 0.1) is 11.9 Å². The first-order chi connectivity index (χ1) is 18.6. The van der Waals surface area contributed by atoms with Gasteiger partial charge in [-0.2, -0.15) is 0 Å². The first kappa shape index (κ1) is 29.3. The zero-order valence-electron chi connectivity index (χ0n) is 22.0. The van der Waals surface area contributed by atoms with Crippen molar-refractivity contribution in [2.45, 2.75) is 57.7 Å². The summed E-state index contributed by atoms with van der Waals surface area (Å²) in [5, 5.41) is 3.86. The molecule has 4 rings (SSSR count). The highest BCUT2D eigenvalue weighted by Gasteiger charge is 2.33. The highest BCUT2D eigenvalue weighted by molar-refractivity contribution is 7.92. The monoisotopic (exact) mass is 597 g/mol. The van der Waals surface area contributed by atoms with Gasteiger partial charge in [-0.05, 0) is 49.1 Å². The van der Waals surface area contributed by atoms with Crippen LogP contribution in [0.15, 0.2) is 36.4 Å². The van der Waals surface area contributed by atoms with Crippen LogP contribution in [0.4, 0.5) is 5.69 Å². The number of benzene rings is 2. The van der Waals surface area contributed by atoms with Gasteiger partial charge < -0.3 is 19.7 Å². The molecule has 12 heteroatoms. The van der Waals surface area contributed by atoms with Crippen LogP contribution in [-0.2, 0) is 26.2 Å². The van der Waals surface area contributed by atoms with E-state index in [2.05, 4.69) is 5.32 Å².